The molecular formula is C26H24F2N2O5. The van der Waals surface area contributed by atoms with Gasteiger partial charge in [-0.2, -0.15) is 8.78 Å². The van der Waals surface area contributed by atoms with E-state index in [1.807, 2.05) is 0 Å². The topological polar surface area (TPSA) is 84.9 Å². The highest BCUT2D eigenvalue weighted by molar-refractivity contribution is 5.97. The molecule has 0 aliphatic rings. The van der Waals surface area contributed by atoms with Crippen LogP contribution >= 0.6 is 0 Å². The molecule has 3 rings (SSSR count). The summed E-state index contributed by atoms with van der Waals surface area (Å²) >= 11 is 0. The number of alkyl halides is 2. The average molecular weight is 482 g/mol. The number of nitrogens with zero attached hydrogens (tertiary/aromatic N) is 1. The van der Waals surface area contributed by atoms with Crippen LogP contribution in [0.1, 0.15) is 27.5 Å². The van der Waals surface area contributed by atoms with Crippen molar-refractivity contribution >= 4 is 17.8 Å². The fraction of sp³-hybridized carbons (Fsp3) is 0.192. The number of benzene rings is 3. The van der Waals surface area contributed by atoms with Gasteiger partial charge in [-0.25, -0.2) is 4.79 Å². The summed E-state index contributed by atoms with van der Waals surface area (Å²) in [6.45, 7) is -3.29. The Balaban J connectivity index is 1.59. The first-order valence-corrected chi connectivity index (χ1v) is 10.7. The molecule has 0 spiro atoms. The van der Waals surface area contributed by atoms with Gasteiger partial charge in [-0.3, -0.25) is 9.59 Å². The van der Waals surface area contributed by atoms with Gasteiger partial charge in [0.25, 0.3) is 11.8 Å². The second-order valence-corrected chi connectivity index (χ2v) is 7.56. The summed E-state index contributed by atoms with van der Waals surface area (Å²) in [6.07, 6.45) is 0. The number of likely N-dealkylation sites (N-methyl/N-ethyl adjacent to an activating group) is 1. The number of hydrogen-bond acceptors (Lipinski definition) is 5. The smallest absolute Gasteiger partial charge is 0.387 e. The second-order valence-electron chi connectivity index (χ2n) is 7.56. The van der Waals surface area contributed by atoms with Gasteiger partial charge in [0.05, 0.1) is 0 Å². The van der Waals surface area contributed by atoms with Gasteiger partial charge >= 0.3 is 12.6 Å². The van der Waals surface area contributed by atoms with Gasteiger partial charge in [-0.05, 0) is 35.4 Å². The van der Waals surface area contributed by atoms with Gasteiger partial charge in [-0.15, -0.1) is 0 Å². The fourth-order valence-corrected chi connectivity index (χ4v) is 3.19. The zero-order valence-corrected chi connectivity index (χ0v) is 18.9. The summed E-state index contributed by atoms with van der Waals surface area (Å²) in [5.41, 5.74) is 1.56. The van der Waals surface area contributed by atoms with Crippen LogP contribution in [0.15, 0.2) is 84.9 Å². The lowest BCUT2D eigenvalue weighted by Gasteiger charge is -2.20. The van der Waals surface area contributed by atoms with Gasteiger partial charge in [0.15, 0.2) is 12.6 Å². The lowest BCUT2D eigenvalue weighted by atomic mass is 10.1. The Kier molecular flexibility index (Phi) is 8.89. The van der Waals surface area contributed by atoms with E-state index in [1.54, 1.807) is 72.8 Å². The van der Waals surface area contributed by atoms with Gasteiger partial charge < -0.3 is 19.7 Å². The Morgan fingerprint density at radius 1 is 0.886 bits per heavy atom. The number of carbonyl (C=O) groups is 3. The van der Waals surface area contributed by atoms with Crippen LogP contribution in [0.2, 0.25) is 0 Å². The van der Waals surface area contributed by atoms with Crippen LogP contribution in [0.5, 0.6) is 5.75 Å². The molecule has 1 unspecified atom stereocenters. The molecule has 3 aromatic carbocycles. The summed E-state index contributed by atoms with van der Waals surface area (Å²) in [4.78, 5) is 39.3. The monoisotopic (exact) mass is 482 g/mol. The van der Waals surface area contributed by atoms with Crippen molar-refractivity contribution in [1.82, 2.24) is 10.2 Å². The van der Waals surface area contributed by atoms with Crippen molar-refractivity contribution in [3.05, 3.63) is 102 Å². The highest BCUT2D eigenvalue weighted by atomic mass is 19.3. The minimum Gasteiger partial charge on any atom is -0.454 e. The molecule has 7 nitrogen and oxygen atoms in total. The first-order chi connectivity index (χ1) is 16.8. The number of rotatable bonds is 10. The van der Waals surface area contributed by atoms with E-state index in [-0.39, 0.29) is 12.3 Å². The van der Waals surface area contributed by atoms with Gasteiger partial charge in [0, 0.05) is 19.2 Å². The Morgan fingerprint density at radius 3 is 2.09 bits per heavy atom. The molecule has 0 aromatic heterocycles. The Hall–Kier alpha value is -4.27. The maximum atomic E-state index is 12.8. The van der Waals surface area contributed by atoms with E-state index in [9.17, 15) is 23.2 Å². The van der Waals surface area contributed by atoms with E-state index in [2.05, 4.69) is 10.1 Å². The first kappa shape index (κ1) is 25.4. The van der Waals surface area contributed by atoms with Gasteiger partial charge in [0.2, 0.25) is 0 Å². The van der Waals surface area contributed by atoms with E-state index in [4.69, 9.17) is 4.74 Å². The van der Waals surface area contributed by atoms with Crippen LogP contribution in [0, 0.1) is 0 Å². The first-order valence-electron chi connectivity index (χ1n) is 10.7. The normalized spacial score (nSPS) is 11.4. The lowest BCUT2D eigenvalue weighted by molar-refractivity contribution is -0.153. The summed E-state index contributed by atoms with van der Waals surface area (Å²) in [5, 5.41) is 2.66. The molecule has 0 aliphatic heterocycles. The number of ether oxygens (including phenoxy) is 2. The molecule has 1 atom stereocenters. The molecule has 0 saturated heterocycles. The lowest BCUT2D eigenvalue weighted by Crippen LogP contribution is -2.37. The highest BCUT2D eigenvalue weighted by Gasteiger charge is 2.26. The summed E-state index contributed by atoms with van der Waals surface area (Å²) in [6, 6.07) is 21.7. The molecule has 1 N–H and O–H groups in total. The molecule has 9 heteroatoms. The Morgan fingerprint density at radius 2 is 1.49 bits per heavy atom. The number of halogens is 2. The Bertz CT molecular complexity index is 1130. The molecule has 0 fully saturated rings. The second kappa shape index (κ2) is 12.3. The molecule has 0 saturated carbocycles. The van der Waals surface area contributed by atoms with E-state index in [1.165, 1.54) is 24.1 Å². The van der Waals surface area contributed by atoms with Crippen molar-refractivity contribution in [2.24, 2.45) is 0 Å². The van der Waals surface area contributed by atoms with Crippen molar-refractivity contribution in [3.63, 3.8) is 0 Å². The van der Waals surface area contributed by atoms with Crippen LogP contribution in [0.25, 0.3) is 0 Å². The average Bonchev–Trinajstić information content (AvgIpc) is 2.87. The Labute approximate surface area is 201 Å². The van der Waals surface area contributed by atoms with Crippen molar-refractivity contribution in [1.29, 1.82) is 0 Å². The van der Waals surface area contributed by atoms with E-state index < -0.39 is 37.0 Å². The molecule has 0 aliphatic carbocycles. The van der Waals surface area contributed by atoms with Crippen LogP contribution in [-0.2, 0) is 20.9 Å². The van der Waals surface area contributed by atoms with Crippen LogP contribution < -0.4 is 10.1 Å². The van der Waals surface area contributed by atoms with E-state index >= 15 is 0 Å². The highest BCUT2D eigenvalue weighted by Crippen LogP contribution is 2.17. The predicted octanol–water partition coefficient (Wildman–Crippen LogP) is 3.96. The van der Waals surface area contributed by atoms with Crippen LogP contribution in [0.3, 0.4) is 0 Å². The molecule has 0 bridgehead atoms. The van der Waals surface area contributed by atoms with Gasteiger partial charge in [0.1, 0.15) is 5.75 Å². The molecule has 0 radical (unpaired) electrons. The van der Waals surface area contributed by atoms with Crippen LogP contribution in [-0.4, -0.2) is 42.9 Å². The maximum Gasteiger partial charge on any atom is 0.387 e. The third-order valence-corrected chi connectivity index (χ3v) is 5.01. The minimum atomic E-state index is -2.92. The third-order valence-electron chi connectivity index (χ3n) is 5.01. The summed E-state index contributed by atoms with van der Waals surface area (Å²) in [5.74, 6) is -1.71. The fourth-order valence-electron chi connectivity index (χ4n) is 3.19. The molecule has 35 heavy (non-hydrogen) atoms. The van der Waals surface area contributed by atoms with Crippen molar-refractivity contribution in [3.8, 4) is 5.75 Å². The van der Waals surface area contributed by atoms with Crippen molar-refractivity contribution < 1.29 is 32.6 Å². The zero-order chi connectivity index (χ0) is 25.2. The summed E-state index contributed by atoms with van der Waals surface area (Å²) in [7, 11) is 1.52. The van der Waals surface area contributed by atoms with E-state index in [0.29, 0.717) is 16.7 Å². The SMILES string of the molecule is CN(Cc1ccc(OC(F)F)cc1)C(=O)COC(=O)C(NC(=O)c1ccccc1)c1ccccc1. The minimum absolute atomic E-state index is 0.0103. The number of amides is 2. The third kappa shape index (κ3) is 7.63. The molecule has 182 valence electrons. The van der Waals surface area contributed by atoms with E-state index in [0.717, 1.165) is 0 Å². The molecule has 2 amide bonds. The summed E-state index contributed by atoms with van der Waals surface area (Å²) < 4.78 is 34.1. The van der Waals surface area contributed by atoms with Crippen molar-refractivity contribution in [2.75, 3.05) is 13.7 Å². The predicted molar refractivity (Wildman–Crippen MR) is 124 cm³/mol. The number of hydrogen-bond donors (Lipinski definition) is 1. The van der Waals surface area contributed by atoms with Gasteiger partial charge in [-0.1, -0.05) is 60.7 Å². The molecular weight excluding hydrogens is 458 g/mol. The molecule has 3 aromatic rings. The van der Waals surface area contributed by atoms with Crippen molar-refractivity contribution in [2.45, 2.75) is 19.2 Å². The standard InChI is InChI=1S/C26H24F2N2O5/c1-30(16-18-12-14-21(15-13-18)35-26(27)28)22(31)17-34-25(33)23(19-8-4-2-5-9-19)29-24(32)20-10-6-3-7-11-20/h2-15,23,26H,16-17H2,1H3,(H,29,32). The largest absolute Gasteiger partial charge is 0.454 e. The number of esters is 1. The number of nitrogens with one attached hydrogen (secondary N) is 1. The zero-order valence-electron chi connectivity index (χ0n) is 18.9. The quantitative estimate of drug-likeness (QED) is 0.442. The van der Waals surface area contributed by atoms with Crippen LogP contribution in [0.4, 0.5) is 8.78 Å². The number of carbonyl (C=O) groups excluding carboxylic acids is 3. The maximum absolute atomic E-state index is 12.8. The molecule has 0 heterocycles.